The molecule has 6 aromatic carbocycles. The van der Waals surface area contributed by atoms with Gasteiger partial charge in [-0.25, -0.2) is 19.2 Å². The zero-order chi connectivity index (χ0) is 82.8. The molecule has 3 aliphatic carbocycles. The van der Waals surface area contributed by atoms with Crippen molar-refractivity contribution in [2.45, 2.75) is 177 Å². The molecule has 0 bridgehead atoms. The highest BCUT2D eigenvalue weighted by molar-refractivity contribution is 5.87. The Morgan fingerprint density at radius 3 is 1.29 bits per heavy atom. The molecule has 112 heavy (non-hydrogen) atoms. The van der Waals surface area contributed by atoms with Crippen molar-refractivity contribution in [3.8, 4) is 11.5 Å². The first-order chi connectivity index (χ1) is 52.3. The minimum absolute atomic E-state index is 0.0162. The third-order valence-corrected chi connectivity index (χ3v) is 23.2. The minimum atomic E-state index is -6.01. The molecule has 2 fully saturated rings. The minimum Gasteiger partial charge on any atom is -0.456 e. The third-order valence-electron chi connectivity index (χ3n) is 23.2. The second kappa shape index (κ2) is 30.9. The Bertz CT molecular complexity index is 4700. The van der Waals surface area contributed by atoms with Crippen molar-refractivity contribution in [2.24, 2.45) is 34.5 Å². The summed E-state index contributed by atoms with van der Waals surface area (Å²) in [5, 5.41) is 0. The number of carbonyl (C=O) groups excluding carboxylic acids is 6. The lowest BCUT2D eigenvalue weighted by molar-refractivity contribution is -0.323. The van der Waals surface area contributed by atoms with Crippen LogP contribution in [-0.2, 0) is 101 Å². The standard InChI is InChI=1S/C82H82F12O18/c1-43(2)54-34-36-72(8,59(42-95)107-47(7)96)62(54)56-39-53(40-58(64(97)45(56)5)109-69(100)76(104-11,80(86,87)88)50-28-20-15-21-29-50)74(112-71(102)78(106-13,82(92,93)94)52-32-24-17-25-33-52)41-48-38-57(108-68(99)75(103-10,79(83,84)85)49-26-18-14-19-27-49)65(98)46(6)60-61(48)66(111-74)67(73(9)37-35-55(44(3)4)63(60)73)110-70(101)77(105-12,81(89,90)91)51-30-22-16-23-31-51/h14-33,38-40,42-44,54-55,59,62-63,66-67H,34-37,41H2,1-13H3/t54-,55-,59+,62-,63-,66-,67+,72+,73-,74-,75+,76+,77+,78+/m1/s1. The molecule has 0 unspecified atom stereocenters. The molecule has 0 aromatic heterocycles. The van der Waals surface area contributed by atoms with Gasteiger partial charge in [-0.05, 0) is 115 Å². The maximum atomic E-state index is 16.9. The Kier molecular flexibility index (Phi) is 23.4. The van der Waals surface area contributed by atoms with Gasteiger partial charge < -0.3 is 47.4 Å². The number of ether oxygens (including phenoxy) is 10. The summed E-state index contributed by atoms with van der Waals surface area (Å²) in [6.07, 6.45) is -31.7. The Morgan fingerprint density at radius 2 is 0.893 bits per heavy atom. The molecule has 0 spiro atoms. The van der Waals surface area contributed by atoms with Crippen molar-refractivity contribution in [1.29, 1.82) is 0 Å². The lowest BCUT2D eigenvalue weighted by atomic mass is 9.59. The van der Waals surface area contributed by atoms with E-state index in [1.807, 2.05) is 0 Å². The van der Waals surface area contributed by atoms with Crippen LogP contribution in [0.2, 0.25) is 0 Å². The molecule has 0 saturated heterocycles. The molecule has 6 aromatic rings. The average Bonchev–Trinajstić information content (AvgIpc) is 1.42. The Balaban J connectivity index is 1.45. The fourth-order valence-electron chi connectivity index (χ4n) is 17.6. The van der Waals surface area contributed by atoms with Crippen LogP contribution in [0.4, 0.5) is 52.7 Å². The molecular formula is C82H82F12O18. The van der Waals surface area contributed by atoms with E-state index in [0.717, 1.165) is 124 Å². The molecule has 602 valence electrons. The number of hydrogen-bond acceptors (Lipinski definition) is 18. The van der Waals surface area contributed by atoms with E-state index >= 15 is 81.5 Å². The quantitative estimate of drug-likeness (QED) is 0.0251. The number of methoxy groups -OCH3 is 4. The van der Waals surface area contributed by atoms with Crippen molar-refractivity contribution in [2.75, 3.05) is 28.4 Å². The maximum absolute atomic E-state index is 16.9. The van der Waals surface area contributed by atoms with Gasteiger partial charge in [0.2, 0.25) is 16.6 Å². The van der Waals surface area contributed by atoms with Crippen LogP contribution in [0.1, 0.15) is 153 Å². The topological polar surface area (TPSA) is 229 Å². The van der Waals surface area contributed by atoms with Crippen LogP contribution in [0.3, 0.4) is 0 Å². The molecule has 0 N–H and O–H groups in total. The summed E-state index contributed by atoms with van der Waals surface area (Å²) in [5.74, 6) is -22.8. The molecule has 2 saturated carbocycles. The molecular weight excluding hydrogens is 1500 g/mol. The first kappa shape index (κ1) is 85.1. The zero-order valence-electron chi connectivity index (χ0n) is 63.0. The summed E-state index contributed by atoms with van der Waals surface area (Å²) in [6, 6.07) is 22.2. The normalized spacial score (nSPS) is 24.8. The van der Waals surface area contributed by atoms with Gasteiger partial charge in [-0.1, -0.05) is 163 Å². The van der Waals surface area contributed by atoms with Crippen molar-refractivity contribution < 1.29 is 129 Å². The molecule has 1 aliphatic heterocycles. The SMILES string of the molecule is CO[C@](C(=O)Oc1cc([C@]2(OC(=O)[C@@](OC)(c3ccccc3)C(F)(F)F)Cc3cc(OC(=O)[C@@](OC)(c4ccccc4)C(F)(F)F)c(=O)c(C)c4c3[C@@H](O2)[C@H](OC(=O)[C@@](OC)(c2ccccc2)C(F)(F)F)[C@]2(C)CC[C@H](C(C)C)[C@H]42)cc([C@H]2[C@@H](C(C)C)CC[C@@]2(C)[C@H](C=O)OC(C)=O)c(C)c1=O)(c1ccccc1)C(F)(F)F. The largest absolute Gasteiger partial charge is 0.456 e. The van der Waals surface area contributed by atoms with Crippen molar-refractivity contribution in [3.63, 3.8) is 0 Å². The van der Waals surface area contributed by atoms with Crippen molar-refractivity contribution >= 4 is 36.1 Å². The highest BCUT2D eigenvalue weighted by Gasteiger charge is 2.72. The second-order valence-corrected chi connectivity index (χ2v) is 29.8. The number of esters is 5. The third kappa shape index (κ3) is 13.7. The van der Waals surface area contributed by atoms with Gasteiger partial charge in [-0.3, -0.25) is 19.2 Å². The van der Waals surface area contributed by atoms with Crippen LogP contribution in [0.15, 0.2) is 149 Å². The number of benzene rings is 4. The van der Waals surface area contributed by atoms with E-state index in [1.165, 1.54) is 38.1 Å². The predicted molar refractivity (Wildman–Crippen MR) is 375 cm³/mol. The molecule has 4 aliphatic rings. The molecule has 10 rings (SSSR count). The molecule has 30 heteroatoms. The van der Waals surface area contributed by atoms with E-state index in [0.29, 0.717) is 40.6 Å². The summed E-state index contributed by atoms with van der Waals surface area (Å²) in [7, 11) is 1.90. The fraction of sp³-hybridized carbons (Fsp3) is 0.463. The molecule has 0 amide bonds. The lowest BCUT2D eigenvalue weighted by Gasteiger charge is -2.54. The van der Waals surface area contributed by atoms with Gasteiger partial charge in [0, 0.05) is 91.6 Å². The Hall–Kier alpha value is -9.36. The number of hydrogen-bond donors (Lipinski definition) is 0. The molecule has 14 atom stereocenters. The van der Waals surface area contributed by atoms with Crippen molar-refractivity contribution in [1.82, 2.24) is 0 Å². The molecule has 18 nitrogen and oxygen atoms in total. The van der Waals surface area contributed by atoms with E-state index in [1.54, 1.807) is 27.7 Å². The van der Waals surface area contributed by atoms with Gasteiger partial charge in [0.25, 0.3) is 22.4 Å². The van der Waals surface area contributed by atoms with E-state index < -0.39 is 226 Å². The first-order valence-corrected chi connectivity index (χ1v) is 35.6. The highest BCUT2D eigenvalue weighted by Crippen LogP contribution is 2.68. The monoisotopic (exact) mass is 1580 g/mol. The van der Waals surface area contributed by atoms with Crippen LogP contribution in [0.25, 0.3) is 0 Å². The average molecular weight is 1580 g/mol. The van der Waals surface area contributed by atoms with Crippen LogP contribution in [-0.4, -0.2) is 101 Å². The lowest BCUT2D eigenvalue weighted by Crippen LogP contribution is -2.59. The number of aldehydes is 1. The Labute approximate surface area is 635 Å². The summed E-state index contributed by atoms with van der Waals surface area (Å²) in [4.78, 5) is 121. The summed E-state index contributed by atoms with van der Waals surface area (Å²) < 4.78 is 255. The first-order valence-electron chi connectivity index (χ1n) is 35.6. The van der Waals surface area contributed by atoms with Gasteiger partial charge >= 0.3 is 54.6 Å². The van der Waals surface area contributed by atoms with Crippen molar-refractivity contribution in [3.05, 3.63) is 221 Å². The smallest absolute Gasteiger partial charge is 0.432 e. The number of carbonyl (C=O) groups is 6. The van der Waals surface area contributed by atoms with Crippen LogP contribution in [0, 0.1) is 48.3 Å². The predicted octanol–water partition coefficient (Wildman–Crippen LogP) is 15.6. The van der Waals surface area contributed by atoms with Gasteiger partial charge in [0.05, 0.1) is 0 Å². The number of alkyl halides is 12. The van der Waals surface area contributed by atoms with Gasteiger partial charge in [0.1, 0.15) is 12.2 Å². The van der Waals surface area contributed by atoms with E-state index in [9.17, 15) is 9.59 Å². The second-order valence-electron chi connectivity index (χ2n) is 29.8. The summed E-state index contributed by atoms with van der Waals surface area (Å²) in [5.41, 5.74) is -31.4. The Morgan fingerprint density at radius 1 is 0.509 bits per heavy atom. The highest BCUT2D eigenvalue weighted by atomic mass is 19.4. The number of halogens is 12. The van der Waals surface area contributed by atoms with E-state index in [-0.39, 0.29) is 43.1 Å². The van der Waals surface area contributed by atoms with Gasteiger partial charge in [-0.2, -0.15) is 52.7 Å². The maximum Gasteiger partial charge on any atom is 0.432 e. The summed E-state index contributed by atoms with van der Waals surface area (Å²) >= 11 is 0. The van der Waals surface area contributed by atoms with Crippen LogP contribution >= 0.6 is 0 Å². The fourth-order valence-corrected chi connectivity index (χ4v) is 17.6. The van der Waals surface area contributed by atoms with E-state index in [2.05, 4.69) is 0 Å². The van der Waals surface area contributed by atoms with Gasteiger partial charge in [-0.15, -0.1) is 0 Å². The zero-order valence-corrected chi connectivity index (χ0v) is 63.0. The number of fused-ring (bicyclic) bond motifs is 2. The van der Waals surface area contributed by atoms with Crippen LogP contribution < -0.4 is 20.3 Å². The molecule has 1 heterocycles. The number of rotatable bonds is 23. The molecule has 0 radical (unpaired) electrons. The summed E-state index contributed by atoms with van der Waals surface area (Å²) in [6.45, 7) is 12.8. The van der Waals surface area contributed by atoms with Crippen LogP contribution in [0.5, 0.6) is 11.5 Å². The van der Waals surface area contributed by atoms with E-state index in [4.69, 9.17) is 47.4 Å². The van der Waals surface area contributed by atoms with Gasteiger partial charge in [0.15, 0.2) is 23.9 Å².